The molecule has 3 aromatic rings. The van der Waals surface area contributed by atoms with Crippen LogP contribution in [0.1, 0.15) is 22.0 Å². The third kappa shape index (κ3) is 2.78. The van der Waals surface area contributed by atoms with Crippen LogP contribution in [0.3, 0.4) is 0 Å². The summed E-state index contributed by atoms with van der Waals surface area (Å²) in [6.45, 7) is 2.36. The fourth-order valence-corrected chi connectivity index (χ4v) is 2.39. The van der Waals surface area contributed by atoms with Gasteiger partial charge in [-0.3, -0.25) is 4.79 Å². The highest BCUT2D eigenvalue weighted by molar-refractivity contribution is 6.36. The Bertz CT molecular complexity index is 791. The summed E-state index contributed by atoms with van der Waals surface area (Å²) in [5.41, 5.74) is 0.949. The van der Waals surface area contributed by atoms with E-state index >= 15 is 0 Å². The maximum Gasteiger partial charge on any atom is 0.273 e. The summed E-state index contributed by atoms with van der Waals surface area (Å²) in [5, 5.41) is 7.35. The molecule has 0 aliphatic rings. The first kappa shape index (κ1) is 13.7. The van der Waals surface area contributed by atoms with Crippen LogP contribution < -0.4 is 5.32 Å². The van der Waals surface area contributed by atoms with E-state index < -0.39 is 0 Å². The number of rotatable bonds is 4. The van der Waals surface area contributed by atoms with Crippen LogP contribution in [0.15, 0.2) is 40.9 Å². The molecular weight excluding hydrogens is 290 g/mol. The third-order valence-corrected chi connectivity index (χ3v) is 3.52. The number of furan rings is 1. The van der Waals surface area contributed by atoms with Crippen LogP contribution in [-0.4, -0.2) is 22.1 Å². The lowest BCUT2D eigenvalue weighted by Gasteiger charge is -2.01. The van der Waals surface area contributed by atoms with Gasteiger partial charge in [0.05, 0.1) is 10.5 Å². The monoisotopic (exact) mass is 303 g/mol. The van der Waals surface area contributed by atoms with Crippen molar-refractivity contribution < 1.29 is 9.21 Å². The molecule has 0 aromatic carbocycles. The van der Waals surface area contributed by atoms with Crippen molar-refractivity contribution in [3.63, 3.8) is 0 Å². The lowest BCUT2D eigenvalue weighted by Crippen LogP contribution is -2.26. The fraction of sp³-hybridized carbons (Fsp3) is 0.200. The van der Waals surface area contributed by atoms with Crippen LogP contribution in [-0.2, 0) is 6.42 Å². The number of carbonyl (C=O) groups is 1. The number of fused-ring (bicyclic) bond motifs is 1. The third-order valence-electron chi connectivity index (χ3n) is 3.15. The molecule has 0 bridgehead atoms. The van der Waals surface area contributed by atoms with Crippen LogP contribution >= 0.6 is 11.6 Å². The van der Waals surface area contributed by atoms with E-state index in [9.17, 15) is 4.79 Å². The van der Waals surface area contributed by atoms with Gasteiger partial charge in [0.25, 0.3) is 5.91 Å². The minimum atomic E-state index is -0.285. The molecule has 3 aromatic heterocycles. The molecule has 0 radical (unpaired) electrons. The van der Waals surface area contributed by atoms with Gasteiger partial charge in [-0.2, -0.15) is 5.10 Å². The molecule has 0 fully saturated rings. The second-order valence-corrected chi connectivity index (χ2v) is 5.09. The average Bonchev–Trinajstić information content (AvgIpc) is 3.03. The van der Waals surface area contributed by atoms with Crippen LogP contribution in [0.25, 0.3) is 5.52 Å². The highest BCUT2D eigenvalue weighted by atomic mass is 35.5. The number of aryl methyl sites for hydroxylation is 1. The van der Waals surface area contributed by atoms with Crippen molar-refractivity contribution in [2.24, 2.45) is 0 Å². The van der Waals surface area contributed by atoms with Gasteiger partial charge in [-0.15, -0.1) is 0 Å². The number of halogens is 1. The molecule has 21 heavy (non-hydrogen) atoms. The summed E-state index contributed by atoms with van der Waals surface area (Å²) in [6.07, 6.45) is 2.38. The van der Waals surface area contributed by atoms with E-state index in [1.165, 1.54) is 0 Å². The molecule has 6 heteroatoms. The number of nitrogens with zero attached hydrogens (tertiary/aromatic N) is 2. The first-order valence-electron chi connectivity index (χ1n) is 6.61. The number of aromatic nitrogens is 2. The van der Waals surface area contributed by atoms with Gasteiger partial charge in [0.1, 0.15) is 11.5 Å². The second kappa shape index (κ2) is 5.61. The van der Waals surface area contributed by atoms with Crippen LogP contribution in [0.2, 0.25) is 5.02 Å². The maximum absolute atomic E-state index is 12.1. The minimum Gasteiger partial charge on any atom is -0.466 e. The number of hydrogen-bond acceptors (Lipinski definition) is 3. The molecule has 0 atom stereocenters. The Hall–Kier alpha value is -2.27. The molecule has 3 heterocycles. The molecule has 0 aliphatic heterocycles. The largest absolute Gasteiger partial charge is 0.466 e. The van der Waals surface area contributed by atoms with E-state index in [1.807, 2.05) is 37.3 Å². The Kier molecular flexibility index (Phi) is 3.66. The van der Waals surface area contributed by atoms with Crippen molar-refractivity contribution in [1.29, 1.82) is 0 Å². The van der Waals surface area contributed by atoms with Crippen molar-refractivity contribution in [2.45, 2.75) is 13.3 Å². The van der Waals surface area contributed by atoms with E-state index in [1.54, 1.807) is 10.7 Å². The quantitative estimate of drug-likeness (QED) is 0.806. The Morgan fingerprint density at radius 1 is 1.38 bits per heavy atom. The van der Waals surface area contributed by atoms with E-state index in [2.05, 4.69) is 10.4 Å². The maximum atomic E-state index is 12.1. The van der Waals surface area contributed by atoms with Crippen molar-refractivity contribution in [3.8, 4) is 0 Å². The van der Waals surface area contributed by atoms with Crippen LogP contribution in [0, 0.1) is 6.92 Å². The van der Waals surface area contributed by atoms with Crippen molar-refractivity contribution in [2.75, 3.05) is 6.54 Å². The van der Waals surface area contributed by atoms with E-state index in [4.69, 9.17) is 16.0 Å². The van der Waals surface area contributed by atoms with Crippen molar-refractivity contribution in [1.82, 2.24) is 14.9 Å². The average molecular weight is 304 g/mol. The van der Waals surface area contributed by atoms with Gasteiger partial charge < -0.3 is 9.73 Å². The van der Waals surface area contributed by atoms with Gasteiger partial charge in [-0.1, -0.05) is 17.7 Å². The van der Waals surface area contributed by atoms with Crippen molar-refractivity contribution >= 4 is 23.0 Å². The van der Waals surface area contributed by atoms with Gasteiger partial charge in [0.2, 0.25) is 0 Å². The van der Waals surface area contributed by atoms with Gasteiger partial charge >= 0.3 is 0 Å². The summed E-state index contributed by atoms with van der Waals surface area (Å²) in [5.74, 6) is 1.42. The smallest absolute Gasteiger partial charge is 0.273 e. The first-order chi connectivity index (χ1) is 10.1. The normalized spacial score (nSPS) is 11.0. The predicted octanol–water partition coefficient (Wildman–Crippen LogP) is 2.86. The summed E-state index contributed by atoms with van der Waals surface area (Å²) in [7, 11) is 0. The Balaban J connectivity index is 1.68. The summed E-state index contributed by atoms with van der Waals surface area (Å²) < 4.78 is 7.04. The Labute approximate surface area is 126 Å². The number of hydrogen-bond donors (Lipinski definition) is 1. The van der Waals surface area contributed by atoms with Gasteiger partial charge in [-0.25, -0.2) is 4.52 Å². The van der Waals surface area contributed by atoms with Crippen LogP contribution in [0.4, 0.5) is 0 Å². The van der Waals surface area contributed by atoms with E-state index in [0.29, 0.717) is 23.5 Å². The molecule has 0 saturated carbocycles. The lowest BCUT2D eigenvalue weighted by molar-refractivity contribution is 0.0948. The number of carbonyl (C=O) groups excluding carboxylic acids is 1. The zero-order valence-corrected chi connectivity index (χ0v) is 12.2. The molecular formula is C15H14ClN3O2. The second-order valence-electron chi connectivity index (χ2n) is 4.71. The number of nitrogens with one attached hydrogen (secondary N) is 1. The standard InChI is InChI=1S/C15H14ClN3O2/c1-10-5-6-11(21-10)7-8-17-15(20)14-13(16)12-4-2-3-9-19(12)18-14/h2-6,9H,7-8H2,1H3,(H,17,20). The Morgan fingerprint density at radius 3 is 2.95 bits per heavy atom. The molecule has 0 unspecified atom stereocenters. The minimum absolute atomic E-state index is 0.235. The van der Waals surface area contributed by atoms with Gasteiger partial charge in [-0.05, 0) is 31.2 Å². The predicted molar refractivity (Wildman–Crippen MR) is 79.7 cm³/mol. The summed E-state index contributed by atoms with van der Waals surface area (Å²) >= 11 is 6.19. The van der Waals surface area contributed by atoms with Crippen molar-refractivity contribution in [3.05, 3.63) is 58.8 Å². The van der Waals surface area contributed by atoms with Gasteiger partial charge in [0, 0.05) is 19.2 Å². The fourth-order valence-electron chi connectivity index (χ4n) is 2.12. The molecule has 0 aliphatic carbocycles. The SMILES string of the molecule is Cc1ccc(CCNC(=O)c2nn3ccccc3c2Cl)o1. The molecule has 1 N–H and O–H groups in total. The summed E-state index contributed by atoms with van der Waals surface area (Å²) in [4.78, 5) is 12.1. The number of amides is 1. The highest BCUT2D eigenvalue weighted by Crippen LogP contribution is 2.21. The highest BCUT2D eigenvalue weighted by Gasteiger charge is 2.17. The molecule has 0 saturated heterocycles. The van der Waals surface area contributed by atoms with Crippen LogP contribution in [0.5, 0.6) is 0 Å². The summed E-state index contributed by atoms with van der Waals surface area (Å²) in [6, 6.07) is 9.30. The molecule has 3 rings (SSSR count). The zero-order valence-electron chi connectivity index (χ0n) is 11.5. The number of pyridine rings is 1. The van der Waals surface area contributed by atoms with Gasteiger partial charge in [0.15, 0.2) is 5.69 Å². The van der Waals surface area contributed by atoms with E-state index in [0.717, 1.165) is 11.5 Å². The lowest BCUT2D eigenvalue weighted by atomic mass is 10.3. The molecule has 1 amide bonds. The first-order valence-corrected chi connectivity index (χ1v) is 6.99. The zero-order chi connectivity index (χ0) is 14.8. The van der Waals surface area contributed by atoms with E-state index in [-0.39, 0.29) is 11.6 Å². The molecule has 0 spiro atoms. The topological polar surface area (TPSA) is 59.5 Å². The molecule has 108 valence electrons. The molecule has 5 nitrogen and oxygen atoms in total. The Morgan fingerprint density at radius 2 is 2.24 bits per heavy atom.